The Labute approximate surface area is 103 Å². The molecule has 0 aromatic carbocycles. The van der Waals surface area contributed by atoms with E-state index in [1.54, 1.807) is 0 Å². The van der Waals surface area contributed by atoms with E-state index in [1.165, 1.54) is 0 Å². The minimum Gasteiger partial charge on any atom is -0.299 e. The van der Waals surface area contributed by atoms with Gasteiger partial charge in [-0.05, 0) is 35.7 Å². The van der Waals surface area contributed by atoms with Crippen molar-refractivity contribution in [3.8, 4) is 0 Å². The van der Waals surface area contributed by atoms with Crippen molar-refractivity contribution >= 4 is 11.6 Å². The third-order valence-electron chi connectivity index (χ3n) is 4.95. The van der Waals surface area contributed by atoms with Crippen LogP contribution in [-0.4, -0.2) is 11.6 Å². The van der Waals surface area contributed by atoms with E-state index in [1.807, 2.05) is 13.8 Å². The van der Waals surface area contributed by atoms with Gasteiger partial charge in [-0.25, -0.2) is 0 Å². The van der Waals surface area contributed by atoms with Crippen LogP contribution in [-0.2, 0) is 9.59 Å². The van der Waals surface area contributed by atoms with Crippen LogP contribution in [0.25, 0.3) is 0 Å². The Morgan fingerprint density at radius 2 is 2.06 bits per heavy atom. The van der Waals surface area contributed by atoms with E-state index in [4.69, 9.17) is 0 Å². The second kappa shape index (κ2) is 3.54. The molecule has 0 aromatic heterocycles. The first-order chi connectivity index (χ1) is 7.75. The fourth-order valence-corrected chi connectivity index (χ4v) is 3.96. The molecule has 0 saturated heterocycles. The third-order valence-corrected chi connectivity index (χ3v) is 4.95. The van der Waals surface area contributed by atoms with Crippen molar-refractivity contribution in [2.75, 3.05) is 0 Å². The lowest BCUT2D eigenvalue weighted by atomic mass is 9.65. The standard InChI is InChI=1S/C15H22O2/c1-9(2)8-12(16)15-7-6-11(14(15,4)5)10(3)13(15)17/h9,11H,3,6-8H2,1-2,4-5H3. The molecule has 2 unspecified atom stereocenters. The first-order valence-electron chi connectivity index (χ1n) is 6.52. The molecule has 2 aliphatic carbocycles. The highest BCUT2D eigenvalue weighted by atomic mass is 16.2. The van der Waals surface area contributed by atoms with Crippen LogP contribution in [0.3, 0.4) is 0 Å². The lowest BCUT2D eigenvalue weighted by Gasteiger charge is -2.35. The second-order valence-electron chi connectivity index (χ2n) is 6.59. The number of rotatable bonds is 3. The molecule has 0 amide bonds. The van der Waals surface area contributed by atoms with Crippen molar-refractivity contribution in [1.29, 1.82) is 0 Å². The number of Topliss-reactive ketones (excluding diaryl/α,β-unsaturated/α-hetero) is 2. The zero-order chi connectivity index (χ0) is 13.0. The van der Waals surface area contributed by atoms with Gasteiger partial charge in [0.2, 0.25) is 0 Å². The van der Waals surface area contributed by atoms with E-state index in [0.717, 1.165) is 12.8 Å². The van der Waals surface area contributed by atoms with Gasteiger partial charge in [-0.2, -0.15) is 0 Å². The lowest BCUT2D eigenvalue weighted by molar-refractivity contribution is -0.142. The fourth-order valence-electron chi connectivity index (χ4n) is 3.96. The molecule has 2 nitrogen and oxygen atoms in total. The molecule has 0 spiro atoms. The Bertz CT molecular complexity index is 403. The molecular weight excluding hydrogens is 212 g/mol. The van der Waals surface area contributed by atoms with E-state index in [0.29, 0.717) is 17.9 Å². The van der Waals surface area contributed by atoms with Crippen LogP contribution < -0.4 is 0 Å². The second-order valence-corrected chi connectivity index (χ2v) is 6.59. The Kier molecular flexibility index (Phi) is 2.61. The predicted octanol–water partition coefficient (Wildman–Crippen LogP) is 3.16. The van der Waals surface area contributed by atoms with Crippen molar-refractivity contribution in [1.82, 2.24) is 0 Å². The monoisotopic (exact) mass is 234 g/mol. The Morgan fingerprint density at radius 1 is 1.47 bits per heavy atom. The average Bonchev–Trinajstić information content (AvgIpc) is 2.53. The highest BCUT2D eigenvalue weighted by Crippen LogP contribution is 2.66. The molecule has 2 saturated carbocycles. The van der Waals surface area contributed by atoms with Crippen molar-refractivity contribution in [2.45, 2.75) is 47.0 Å². The summed E-state index contributed by atoms with van der Waals surface area (Å²) in [4.78, 5) is 25.0. The summed E-state index contributed by atoms with van der Waals surface area (Å²) in [5.41, 5.74) is -0.287. The average molecular weight is 234 g/mol. The Balaban J connectivity index is 2.44. The molecule has 2 rings (SSSR count). The summed E-state index contributed by atoms with van der Waals surface area (Å²) in [5, 5.41) is 0. The third kappa shape index (κ3) is 1.33. The van der Waals surface area contributed by atoms with Crippen LogP contribution in [0.15, 0.2) is 12.2 Å². The van der Waals surface area contributed by atoms with Gasteiger partial charge in [0.1, 0.15) is 5.78 Å². The van der Waals surface area contributed by atoms with Crippen LogP contribution in [0.2, 0.25) is 0 Å². The van der Waals surface area contributed by atoms with Crippen LogP contribution >= 0.6 is 0 Å². The van der Waals surface area contributed by atoms with Gasteiger partial charge in [-0.1, -0.05) is 34.3 Å². The largest absolute Gasteiger partial charge is 0.299 e. The van der Waals surface area contributed by atoms with Gasteiger partial charge in [0.15, 0.2) is 5.78 Å². The van der Waals surface area contributed by atoms with Gasteiger partial charge in [-0.15, -0.1) is 0 Å². The zero-order valence-corrected chi connectivity index (χ0v) is 11.3. The molecule has 0 aliphatic heterocycles. The summed E-state index contributed by atoms with van der Waals surface area (Å²) in [6, 6.07) is 0. The van der Waals surface area contributed by atoms with E-state index in [-0.39, 0.29) is 22.9 Å². The minimum atomic E-state index is -0.751. The SMILES string of the molecule is C=C1C(=O)C2(C(=O)CC(C)C)CCC1C2(C)C. The lowest BCUT2D eigenvalue weighted by Crippen LogP contribution is -2.44. The van der Waals surface area contributed by atoms with Gasteiger partial charge in [0.05, 0.1) is 5.41 Å². The van der Waals surface area contributed by atoms with Crippen LogP contribution in [0.1, 0.15) is 47.0 Å². The molecule has 0 heterocycles. The molecular formula is C15H22O2. The Hall–Kier alpha value is -0.920. The Morgan fingerprint density at radius 3 is 2.47 bits per heavy atom. The van der Waals surface area contributed by atoms with Gasteiger partial charge < -0.3 is 0 Å². The van der Waals surface area contributed by atoms with Gasteiger partial charge >= 0.3 is 0 Å². The maximum Gasteiger partial charge on any atom is 0.172 e. The molecule has 2 aliphatic rings. The van der Waals surface area contributed by atoms with Crippen molar-refractivity contribution < 1.29 is 9.59 Å². The van der Waals surface area contributed by atoms with E-state index in [2.05, 4.69) is 20.4 Å². The molecule has 0 aromatic rings. The summed E-state index contributed by atoms with van der Waals surface area (Å²) >= 11 is 0. The highest BCUT2D eigenvalue weighted by Gasteiger charge is 2.69. The molecule has 2 atom stereocenters. The number of carbonyl (C=O) groups excluding carboxylic acids is 2. The number of ketones is 2. The summed E-state index contributed by atoms with van der Waals surface area (Å²) in [6.45, 7) is 12.1. The van der Waals surface area contributed by atoms with Gasteiger partial charge in [0, 0.05) is 6.42 Å². The maximum atomic E-state index is 12.5. The van der Waals surface area contributed by atoms with E-state index >= 15 is 0 Å². The molecule has 0 N–H and O–H groups in total. The maximum absolute atomic E-state index is 12.5. The summed E-state index contributed by atoms with van der Waals surface area (Å²) in [7, 11) is 0. The van der Waals surface area contributed by atoms with Gasteiger partial charge in [0.25, 0.3) is 0 Å². The fraction of sp³-hybridized carbons (Fsp3) is 0.733. The first-order valence-corrected chi connectivity index (χ1v) is 6.52. The molecule has 2 heteroatoms. The number of fused-ring (bicyclic) bond motifs is 2. The van der Waals surface area contributed by atoms with E-state index in [9.17, 15) is 9.59 Å². The van der Waals surface area contributed by atoms with Crippen LogP contribution in [0, 0.1) is 22.7 Å². The number of allylic oxidation sites excluding steroid dienone is 1. The molecule has 17 heavy (non-hydrogen) atoms. The molecule has 0 radical (unpaired) electrons. The minimum absolute atomic E-state index is 0.0319. The summed E-state index contributed by atoms with van der Waals surface area (Å²) < 4.78 is 0. The zero-order valence-electron chi connectivity index (χ0n) is 11.3. The van der Waals surface area contributed by atoms with Crippen molar-refractivity contribution in [2.24, 2.45) is 22.7 Å². The first kappa shape index (κ1) is 12.5. The van der Waals surface area contributed by atoms with E-state index < -0.39 is 5.41 Å². The van der Waals surface area contributed by atoms with Crippen LogP contribution in [0.4, 0.5) is 0 Å². The molecule has 2 bridgehead atoms. The molecule has 2 fully saturated rings. The van der Waals surface area contributed by atoms with Crippen molar-refractivity contribution in [3.05, 3.63) is 12.2 Å². The molecule has 94 valence electrons. The van der Waals surface area contributed by atoms with Crippen LogP contribution in [0.5, 0.6) is 0 Å². The van der Waals surface area contributed by atoms with Crippen molar-refractivity contribution in [3.63, 3.8) is 0 Å². The highest BCUT2D eigenvalue weighted by molar-refractivity contribution is 6.18. The quantitative estimate of drug-likeness (QED) is 0.555. The predicted molar refractivity (Wildman–Crippen MR) is 67.5 cm³/mol. The normalized spacial score (nSPS) is 34.8. The summed E-state index contributed by atoms with van der Waals surface area (Å²) in [5.74, 6) is 0.701. The van der Waals surface area contributed by atoms with Gasteiger partial charge in [-0.3, -0.25) is 9.59 Å². The number of hydrogen-bond acceptors (Lipinski definition) is 2. The number of hydrogen-bond donors (Lipinski definition) is 0. The topological polar surface area (TPSA) is 34.1 Å². The summed E-state index contributed by atoms with van der Waals surface area (Å²) in [6.07, 6.45) is 2.19. The smallest absolute Gasteiger partial charge is 0.172 e. The number of carbonyl (C=O) groups is 2.